The zero-order valence-corrected chi connectivity index (χ0v) is 32.9. The van der Waals surface area contributed by atoms with Gasteiger partial charge in [0.25, 0.3) is 12.7 Å². The van der Waals surface area contributed by atoms with Crippen LogP contribution in [-0.4, -0.2) is 29.6 Å². The third kappa shape index (κ3) is 9.24. The van der Waals surface area contributed by atoms with Crippen molar-refractivity contribution >= 4 is 0 Å². The van der Waals surface area contributed by atoms with Crippen LogP contribution in [0.25, 0.3) is 34.3 Å². The third-order valence-corrected chi connectivity index (χ3v) is 8.43. The van der Waals surface area contributed by atoms with Crippen LogP contribution in [-0.2, 0) is 20.1 Å². The second kappa shape index (κ2) is 18.3. The van der Waals surface area contributed by atoms with Gasteiger partial charge in [-0.2, -0.15) is 17.3 Å². The van der Waals surface area contributed by atoms with Crippen molar-refractivity contribution in [2.75, 3.05) is 0 Å². The van der Waals surface area contributed by atoms with Crippen LogP contribution in [0, 0.1) is 99.0 Å². The summed E-state index contributed by atoms with van der Waals surface area (Å²) in [6.45, 7) is 6.74. The molecule has 8 rings (SSSR count). The molecule has 9 nitrogen and oxygen atoms in total. The Bertz CT molecular complexity index is 2390. The molecule has 0 saturated carbocycles. The van der Waals surface area contributed by atoms with Crippen LogP contribution < -0.4 is 14.2 Å². The van der Waals surface area contributed by atoms with Gasteiger partial charge in [0, 0.05) is 73.1 Å². The first-order valence-electron chi connectivity index (χ1n) is 16.5. The Kier molecular flexibility index (Phi) is 13.5. The Labute approximate surface area is 339 Å². The molecule has 0 N–H and O–H groups in total. The fourth-order valence-corrected chi connectivity index (χ4v) is 5.34. The van der Waals surface area contributed by atoms with Crippen LogP contribution in [0.2, 0.25) is 0 Å². The molecule has 0 aliphatic carbocycles. The molecule has 1 radical (unpaired) electrons. The maximum atomic E-state index is 14.0. The molecule has 0 bridgehead atoms. The molecule has 0 amide bonds. The maximum absolute atomic E-state index is 14.0. The van der Waals surface area contributed by atoms with Gasteiger partial charge in [-0.25, -0.2) is 17.6 Å². The maximum Gasteiger partial charge on any atom is 0.267 e. The monoisotopic (exact) mass is 977 g/mol. The second-order valence-electron chi connectivity index (χ2n) is 12.0. The van der Waals surface area contributed by atoms with Crippen molar-refractivity contribution in [3.63, 3.8) is 0 Å². The van der Waals surface area contributed by atoms with Crippen molar-refractivity contribution in [3.8, 4) is 34.3 Å². The number of pyridine rings is 1. The molecule has 0 fully saturated rings. The average molecular weight is 977 g/mol. The number of hydrogen-bond acceptors (Lipinski definition) is 4. The Morgan fingerprint density at radius 3 is 1.43 bits per heavy atom. The predicted molar refractivity (Wildman–Crippen MR) is 185 cm³/mol. The summed E-state index contributed by atoms with van der Waals surface area (Å²) in [5.41, 5.74) is 3.06. The van der Waals surface area contributed by atoms with E-state index in [1.165, 1.54) is 30.4 Å². The molecule has 299 valence electrons. The van der Waals surface area contributed by atoms with Crippen LogP contribution in [0.5, 0.6) is 0 Å². The Morgan fingerprint density at radius 2 is 1.05 bits per heavy atom. The van der Waals surface area contributed by atoms with E-state index in [4.69, 9.17) is 0 Å². The van der Waals surface area contributed by atoms with E-state index in [1.807, 2.05) is 12.1 Å². The van der Waals surface area contributed by atoms with Crippen molar-refractivity contribution in [1.82, 2.24) is 34.7 Å². The molecule has 0 aliphatic heterocycles. The Morgan fingerprint density at radius 1 is 0.586 bits per heavy atom. The number of hydrogen-bond donors (Lipinski definition) is 0. The summed E-state index contributed by atoms with van der Waals surface area (Å²) in [5, 5.41) is 14.0. The van der Waals surface area contributed by atoms with Crippen molar-refractivity contribution in [2.24, 2.45) is 0 Å². The number of nitrogens with zero attached hydrogens (tertiary/aromatic N) is 9. The fraction of sp³-hybridized carbons (Fsp3) is 0.100. The van der Waals surface area contributed by atoms with Crippen LogP contribution in [0.4, 0.5) is 35.1 Å². The van der Waals surface area contributed by atoms with Gasteiger partial charge >= 0.3 is 0 Å². The van der Waals surface area contributed by atoms with Crippen molar-refractivity contribution in [2.45, 2.75) is 27.7 Å². The molecule has 58 heavy (non-hydrogen) atoms. The summed E-state index contributed by atoms with van der Waals surface area (Å²) < 4.78 is 113. The molecule has 4 heterocycles. The number of tetrazole rings is 1. The molecule has 18 heteroatoms. The minimum absolute atomic E-state index is 0. The SMILES string of the molecule is Cc1c(C)[n+](-c2ccc(F)cc2F)[c-]n1-c1[c-]cc(F)cc1F.Cc1c(C)[n+](-c2ccc(F)cc2F)[c-]n1-c1[c-]cc(F)cc1F.[Ir].c1ccc(-c2nnn[n-]2)nc1. The number of imidazole rings is 2. The number of rotatable bonds is 5. The Balaban J connectivity index is 0.000000174. The minimum atomic E-state index is -0.814. The standard InChI is InChI=1S/2C17H11F4N2.C6H4N5.Ir/c2*1-10-11(2)23(17-6-4-13(19)8-15(17)21)9-22(10)16-5-3-12(18)7-14(16)20;1-2-4-7-5(3-1)6-8-10-11-9-6;/h2*3-5,7-8H,1-2H3;1-4H;/q3*-1;. The van der Waals surface area contributed by atoms with E-state index in [9.17, 15) is 35.1 Å². The van der Waals surface area contributed by atoms with Gasteiger partial charge in [-0.15, -0.1) is 24.3 Å². The summed E-state index contributed by atoms with van der Waals surface area (Å²) in [6.07, 6.45) is 7.23. The Hall–Kier alpha value is -6.39. The van der Waals surface area contributed by atoms with E-state index in [0.29, 0.717) is 34.3 Å². The number of halogens is 8. The molecular formula is C40H26F8IrN9-3. The van der Waals surface area contributed by atoms with Gasteiger partial charge in [0.2, 0.25) is 0 Å². The molecule has 0 aliphatic rings. The van der Waals surface area contributed by atoms with Gasteiger partial charge in [0.15, 0.2) is 0 Å². The van der Waals surface area contributed by atoms with E-state index in [1.54, 1.807) is 40.0 Å². The molecule has 0 unspecified atom stereocenters. The van der Waals surface area contributed by atoms with E-state index in [2.05, 4.69) is 50.4 Å². The molecular weight excluding hydrogens is 951 g/mol. The summed E-state index contributed by atoms with van der Waals surface area (Å²) >= 11 is 0. The topological polar surface area (TPSA) is 83.3 Å². The minimum Gasteiger partial charge on any atom is -0.329 e. The van der Waals surface area contributed by atoms with Gasteiger partial charge in [-0.3, -0.25) is 42.0 Å². The molecule has 8 aromatic rings. The van der Waals surface area contributed by atoms with Crippen molar-refractivity contribution in [1.29, 1.82) is 0 Å². The third-order valence-electron chi connectivity index (χ3n) is 8.43. The van der Waals surface area contributed by atoms with Gasteiger partial charge in [-0.1, -0.05) is 6.07 Å². The van der Waals surface area contributed by atoms with Crippen LogP contribution in [0.3, 0.4) is 0 Å². The molecule has 0 spiro atoms. The normalized spacial score (nSPS) is 10.6. The largest absolute Gasteiger partial charge is 0.329 e. The average Bonchev–Trinajstić information content (AvgIpc) is 3.89. The van der Waals surface area contributed by atoms with Crippen LogP contribution in [0.15, 0.2) is 85.1 Å². The van der Waals surface area contributed by atoms with Crippen molar-refractivity contribution < 1.29 is 64.4 Å². The van der Waals surface area contributed by atoms with Crippen molar-refractivity contribution in [3.05, 3.63) is 179 Å². The fourth-order valence-electron chi connectivity index (χ4n) is 5.34. The van der Waals surface area contributed by atoms with E-state index in [0.717, 1.165) is 48.5 Å². The summed E-state index contributed by atoms with van der Waals surface area (Å²) in [7, 11) is 0. The molecule has 0 atom stereocenters. The van der Waals surface area contributed by atoms with Crippen LogP contribution in [0.1, 0.15) is 22.8 Å². The first-order valence-corrected chi connectivity index (χ1v) is 16.5. The summed E-state index contributed by atoms with van der Waals surface area (Å²) in [5.74, 6) is -5.58. The van der Waals surface area contributed by atoms with Gasteiger partial charge in [-0.05, 0) is 75.5 Å². The smallest absolute Gasteiger partial charge is 0.267 e. The summed E-state index contributed by atoms with van der Waals surface area (Å²) in [4.78, 5) is 4.02. The second-order valence-corrected chi connectivity index (χ2v) is 12.0. The zero-order chi connectivity index (χ0) is 41.0. The molecule has 4 aromatic carbocycles. The first-order chi connectivity index (χ1) is 27.2. The number of aromatic nitrogens is 9. The van der Waals surface area contributed by atoms with Gasteiger partial charge in [0.05, 0.1) is 22.9 Å². The van der Waals surface area contributed by atoms with E-state index >= 15 is 0 Å². The van der Waals surface area contributed by atoms with E-state index in [-0.39, 0.29) is 42.9 Å². The summed E-state index contributed by atoms with van der Waals surface area (Å²) in [6, 6.07) is 20.2. The molecule has 4 aromatic heterocycles. The first kappa shape index (κ1) is 42.7. The predicted octanol–water partition coefficient (Wildman–Crippen LogP) is 6.94. The van der Waals surface area contributed by atoms with Gasteiger partial charge in [0.1, 0.15) is 34.6 Å². The zero-order valence-electron chi connectivity index (χ0n) is 30.5. The number of benzene rings is 4. The molecule has 0 saturated heterocycles. The quantitative estimate of drug-likeness (QED) is 0.106. The van der Waals surface area contributed by atoms with Gasteiger partial charge < -0.3 is 14.2 Å². The van der Waals surface area contributed by atoms with E-state index < -0.39 is 46.5 Å². The van der Waals surface area contributed by atoms with Crippen LogP contribution >= 0.6 is 0 Å².